The van der Waals surface area contributed by atoms with Crippen molar-refractivity contribution in [1.82, 2.24) is 10.3 Å². The topological polar surface area (TPSA) is 100 Å². The molecule has 0 radical (unpaired) electrons. The van der Waals surface area contributed by atoms with E-state index >= 15 is 0 Å². The fourth-order valence-electron chi connectivity index (χ4n) is 4.41. The Labute approximate surface area is 274 Å². The van der Waals surface area contributed by atoms with E-state index in [0.29, 0.717) is 22.8 Å². The van der Waals surface area contributed by atoms with Crippen LogP contribution in [0.2, 0.25) is 0 Å². The maximum atomic E-state index is 13.4. The van der Waals surface area contributed by atoms with E-state index in [1.807, 2.05) is 86.1 Å². The molecule has 1 atom stereocenters. The maximum absolute atomic E-state index is 13.4. The number of aryl methyl sites for hydroxylation is 2. The van der Waals surface area contributed by atoms with Crippen molar-refractivity contribution in [3.63, 3.8) is 0 Å². The molecule has 5 rings (SSSR count). The highest BCUT2D eigenvalue weighted by atomic mass is 32.2. The molecule has 0 aliphatic heterocycles. The highest BCUT2D eigenvalue weighted by Crippen LogP contribution is 2.33. The lowest BCUT2D eigenvalue weighted by atomic mass is 10.1. The predicted molar refractivity (Wildman–Crippen MR) is 187 cm³/mol. The van der Waals surface area contributed by atoms with Crippen LogP contribution >= 0.6 is 34.4 Å². The molecule has 45 heavy (non-hydrogen) atoms. The number of hydrogen-bond acceptors (Lipinski definition) is 7. The minimum absolute atomic E-state index is 0.120. The van der Waals surface area contributed by atoms with Crippen LogP contribution < -0.4 is 16.0 Å². The summed E-state index contributed by atoms with van der Waals surface area (Å²) in [6, 6.07) is 26.1. The van der Waals surface area contributed by atoms with Crippen molar-refractivity contribution in [2.45, 2.75) is 37.3 Å². The quantitative estimate of drug-likeness (QED) is 0.0983. The number of nitrogens with zero attached hydrogens (tertiary/aromatic N) is 1. The average molecular weight is 653 g/mol. The van der Waals surface area contributed by atoms with E-state index in [2.05, 4.69) is 16.0 Å². The van der Waals surface area contributed by atoms with Crippen molar-refractivity contribution in [1.29, 1.82) is 0 Å². The molecule has 0 saturated heterocycles. The second kappa shape index (κ2) is 15.0. The number of aromatic nitrogens is 1. The molecule has 0 saturated carbocycles. The summed E-state index contributed by atoms with van der Waals surface area (Å²) in [5, 5.41) is 12.6. The van der Waals surface area contributed by atoms with Crippen LogP contribution in [0.3, 0.4) is 0 Å². The van der Waals surface area contributed by atoms with E-state index < -0.39 is 5.91 Å². The lowest BCUT2D eigenvalue weighted by Crippen LogP contribution is -2.30. The summed E-state index contributed by atoms with van der Waals surface area (Å²) in [7, 11) is 0. The van der Waals surface area contributed by atoms with Gasteiger partial charge < -0.3 is 16.0 Å². The van der Waals surface area contributed by atoms with Gasteiger partial charge in [-0.05, 0) is 79.1 Å². The molecular weight excluding hydrogens is 621 g/mol. The molecule has 0 bridgehead atoms. The van der Waals surface area contributed by atoms with Gasteiger partial charge in [0.1, 0.15) is 5.70 Å². The molecule has 1 unspecified atom stereocenters. The summed E-state index contributed by atoms with van der Waals surface area (Å²) in [5.74, 6) is -0.971. The number of hydrogen-bond donors (Lipinski definition) is 3. The molecule has 7 nitrogen and oxygen atoms in total. The zero-order chi connectivity index (χ0) is 31.8. The van der Waals surface area contributed by atoms with Crippen molar-refractivity contribution < 1.29 is 14.4 Å². The van der Waals surface area contributed by atoms with Gasteiger partial charge in [-0.3, -0.25) is 14.4 Å². The van der Waals surface area contributed by atoms with Gasteiger partial charge in [0, 0.05) is 26.6 Å². The molecule has 3 amide bonds. The molecule has 5 aromatic rings. The summed E-state index contributed by atoms with van der Waals surface area (Å²) in [6.45, 7) is 6.01. The van der Waals surface area contributed by atoms with E-state index in [-0.39, 0.29) is 22.8 Å². The fourth-order valence-corrected chi connectivity index (χ4v) is 6.88. The van der Waals surface area contributed by atoms with E-state index in [9.17, 15) is 14.4 Å². The first-order valence-electron chi connectivity index (χ1n) is 14.3. The van der Waals surface area contributed by atoms with E-state index in [1.165, 1.54) is 40.0 Å². The van der Waals surface area contributed by atoms with Crippen molar-refractivity contribution in [3.8, 4) is 11.3 Å². The van der Waals surface area contributed by atoms with Crippen molar-refractivity contribution in [2.24, 2.45) is 0 Å². The Kier molecular flexibility index (Phi) is 10.6. The Morgan fingerprint density at radius 3 is 2.42 bits per heavy atom. The number of anilines is 2. The molecule has 3 N–H and O–H groups in total. The van der Waals surface area contributed by atoms with Crippen LogP contribution in [0.5, 0.6) is 0 Å². The van der Waals surface area contributed by atoms with Crippen LogP contribution in [0.4, 0.5) is 10.8 Å². The molecule has 0 fully saturated rings. The SMILES string of the molecule is CCC(Sc1cccc(NC(=O)/C(=C/c2ccsc2)NC(=O)c2ccccc2)c1)C(=O)Nc1nc(-c2ccc(C)cc2)c(C)s1. The normalized spacial score (nSPS) is 11.9. The van der Waals surface area contributed by atoms with Gasteiger partial charge in [0.2, 0.25) is 5.91 Å². The Hall–Kier alpha value is -4.51. The first-order chi connectivity index (χ1) is 21.8. The largest absolute Gasteiger partial charge is 0.321 e. The zero-order valence-corrected chi connectivity index (χ0v) is 27.4. The summed E-state index contributed by atoms with van der Waals surface area (Å²) in [6.07, 6.45) is 2.24. The number of amides is 3. The third kappa shape index (κ3) is 8.57. The molecule has 0 aliphatic carbocycles. The second-order valence-electron chi connectivity index (χ2n) is 10.2. The molecule has 3 aromatic carbocycles. The molecule has 228 valence electrons. The third-order valence-electron chi connectivity index (χ3n) is 6.77. The van der Waals surface area contributed by atoms with Gasteiger partial charge in [0.25, 0.3) is 11.8 Å². The zero-order valence-electron chi connectivity index (χ0n) is 25.0. The highest BCUT2D eigenvalue weighted by Gasteiger charge is 2.21. The Bertz CT molecular complexity index is 1810. The van der Waals surface area contributed by atoms with Crippen molar-refractivity contribution >= 4 is 69.1 Å². The van der Waals surface area contributed by atoms with Gasteiger partial charge in [-0.2, -0.15) is 11.3 Å². The Morgan fingerprint density at radius 2 is 1.71 bits per heavy atom. The molecule has 0 spiro atoms. The summed E-state index contributed by atoms with van der Waals surface area (Å²) in [5.41, 5.74) is 4.98. The van der Waals surface area contributed by atoms with Gasteiger partial charge in [-0.25, -0.2) is 4.98 Å². The van der Waals surface area contributed by atoms with Crippen molar-refractivity contribution in [2.75, 3.05) is 10.6 Å². The second-order valence-corrected chi connectivity index (χ2v) is 13.5. The van der Waals surface area contributed by atoms with Gasteiger partial charge in [0.15, 0.2) is 5.13 Å². The summed E-state index contributed by atoms with van der Waals surface area (Å²) in [4.78, 5) is 46.1. The van der Waals surface area contributed by atoms with Crippen LogP contribution in [0, 0.1) is 13.8 Å². The number of benzene rings is 3. The minimum atomic E-state index is -0.457. The monoisotopic (exact) mass is 652 g/mol. The molecular formula is C35H32N4O3S3. The first-order valence-corrected chi connectivity index (χ1v) is 17.0. The third-order valence-corrected chi connectivity index (χ3v) is 9.71. The Morgan fingerprint density at radius 1 is 0.933 bits per heavy atom. The molecule has 2 heterocycles. The standard InChI is InChI=1S/C35H32N4O3S3/c1-4-30(34(42)39-35-38-31(23(3)44-35)25-15-13-22(2)14-16-25)45-28-12-8-11-27(20-28)36-33(41)29(19-24-17-18-43-21-24)37-32(40)26-9-6-5-7-10-26/h5-21,30H,4H2,1-3H3,(H,36,41)(H,37,40)(H,38,39,42)/b29-19-. The number of thiophene rings is 1. The lowest BCUT2D eigenvalue weighted by molar-refractivity contribution is -0.116. The minimum Gasteiger partial charge on any atom is -0.321 e. The number of thiazole rings is 1. The maximum Gasteiger partial charge on any atom is 0.272 e. The highest BCUT2D eigenvalue weighted by molar-refractivity contribution is 8.00. The number of carbonyl (C=O) groups excluding carboxylic acids is 3. The number of nitrogens with one attached hydrogen (secondary N) is 3. The van der Waals surface area contributed by atoms with Gasteiger partial charge in [-0.15, -0.1) is 23.1 Å². The fraction of sp³-hybridized carbons (Fsp3) is 0.143. The number of thioether (sulfide) groups is 1. The smallest absolute Gasteiger partial charge is 0.272 e. The first kappa shape index (κ1) is 31.9. The van der Waals surface area contributed by atoms with Gasteiger partial charge >= 0.3 is 0 Å². The summed E-state index contributed by atoms with van der Waals surface area (Å²) >= 11 is 4.37. The van der Waals surface area contributed by atoms with Crippen LogP contribution in [-0.2, 0) is 9.59 Å². The predicted octanol–water partition coefficient (Wildman–Crippen LogP) is 8.41. The van der Waals surface area contributed by atoms with Gasteiger partial charge in [0.05, 0.1) is 10.9 Å². The number of rotatable bonds is 11. The molecule has 0 aliphatic rings. The van der Waals surface area contributed by atoms with E-state index in [4.69, 9.17) is 4.98 Å². The average Bonchev–Trinajstić information content (AvgIpc) is 3.69. The Balaban J connectivity index is 1.26. The van der Waals surface area contributed by atoms with Crippen LogP contribution in [0.15, 0.2) is 106 Å². The summed E-state index contributed by atoms with van der Waals surface area (Å²) < 4.78 is 0. The molecule has 10 heteroatoms. The molecule has 2 aromatic heterocycles. The van der Waals surface area contributed by atoms with E-state index in [1.54, 1.807) is 36.4 Å². The van der Waals surface area contributed by atoms with Crippen LogP contribution in [0.25, 0.3) is 17.3 Å². The van der Waals surface area contributed by atoms with E-state index in [0.717, 1.165) is 26.6 Å². The van der Waals surface area contributed by atoms with Crippen LogP contribution in [-0.4, -0.2) is 28.0 Å². The lowest BCUT2D eigenvalue weighted by Gasteiger charge is -2.15. The van der Waals surface area contributed by atoms with Gasteiger partial charge in [-0.1, -0.05) is 61.0 Å². The van der Waals surface area contributed by atoms with Crippen LogP contribution in [0.1, 0.15) is 39.7 Å². The number of carbonyl (C=O) groups is 3. The van der Waals surface area contributed by atoms with Crippen molar-refractivity contribution in [3.05, 3.63) is 123 Å².